The number of aromatic amines is 1. The van der Waals surface area contributed by atoms with Crippen LogP contribution >= 0.6 is 22.9 Å². The number of amides is 2. The third-order valence-corrected chi connectivity index (χ3v) is 6.19. The molecule has 0 aliphatic carbocycles. The molecule has 0 spiro atoms. The highest BCUT2D eigenvalue weighted by atomic mass is 35.5. The number of hydrogen-bond donors (Lipinski definition) is 4. The van der Waals surface area contributed by atoms with Crippen LogP contribution in [0.4, 0.5) is 0 Å². The summed E-state index contributed by atoms with van der Waals surface area (Å²) in [6, 6.07) is 12.0. The van der Waals surface area contributed by atoms with E-state index in [1.165, 1.54) is 16.2 Å². The van der Waals surface area contributed by atoms with Gasteiger partial charge in [-0.15, -0.1) is 11.3 Å². The Balaban J connectivity index is 1.54. The average Bonchev–Trinajstić information content (AvgIpc) is 3.34. The van der Waals surface area contributed by atoms with Gasteiger partial charge in [0, 0.05) is 19.5 Å². The Kier molecular flexibility index (Phi) is 5.60. The molecule has 1 saturated heterocycles. The number of fused-ring (bicyclic) bond motifs is 1. The fraction of sp³-hybridized carbons (Fsp3) is 0.300. The number of aliphatic hydroxyl groups excluding tert-OH is 2. The lowest BCUT2D eigenvalue weighted by Crippen LogP contribution is -2.49. The summed E-state index contributed by atoms with van der Waals surface area (Å²) in [5, 5.41) is 22.4. The zero-order chi connectivity index (χ0) is 20.5. The third kappa shape index (κ3) is 4.30. The molecule has 1 fully saturated rings. The maximum Gasteiger partial charge on any atom is 0.268 e. The molecule has 1 aromatic carbocycles. The topological polar surface area (TPSA) is 106 Å². The van der Waals surface area contributed by atoms with E-state index in [-0.39, 0.29) is 19.0 Å². The number of carbonyl (C=O) groups is 2. The molecule has 2 amide bonds. The average molecular weight is 434 g/mol. The first kappa shape index (κ1) is 19.9. The van der Waals surface area contributed by atoms with E-state index in [0.717, 1.165) is 15.8 Å². The fourth-order valence-corrected chi connectivity index (χ4v) is 4.61. The second-order valence-corrected chi connectivity index (χ2v) is 8.82. The zero-order valence-corrected chi connectivity index (χ0v) is 16.9. The van der Waals surface area contributed by atoms with Gasteiger partial charge in [0.15, 0.2) is 0 Å². The smallest absolute Gasteiger partial charge is 0.268 e. The van der Waals surface area contributed by atoms with Crippen LogP contribution in [0, 0.1) is 0 Å². The minimum absolute atomic E-state index is 0.0396. The predicted octanol–water partition coefficient (Wildman–Crippen LogP) is 1.79. The molecule has 1 aliphatic heterocycles. The first-order valence-corrected chi connectivity index (χ1v) is 10.4. The van der Waals surface area contributed by atoms with Crippen molar-refractivity contribution < 1.29 is 19.8 Å². The van der Waals surface area contributed by atoms with Gasteiger partial charge < -0.3 is 25.4 Å². The number of rotatable bonds is 5. The van der Waals surface area contributed by atoms with E-state index < -0.39 is 24.2 Å². The summed E-state index contributed by atoms with van der Waals surface area (Å²) < 4.78 is 1.48. The van der Waals surface area contributed by atoms with Crippen molar-refractivity contribution in [1.29, 1.82) is 0 Å². The second kappa shape index (κ2) is 8.16. The Bertz CT molecular complexity index is 993. The summed E-state index contributed by atoms with van der Waals surface area (Å²) in [5.41, 5.74) is 2.00. The highest BCUT2D eigenvalue weighted by molar-refractivity contribution is 7.22. The highest BCUT2D eigenvalue weighted by Gasteiger charge is 2.36. The summed E-state index contributed by atoms with van der Waals surface area (Å²) in [6.07, 6.45) is -1.66. The van der Waals surface area contributed by atoms with Crippen molar-refractivity contribution in [2.75, 3.05) is 13.1 Å². The molecular weight excluding hydrogens is 414 g/mol. The van der Waals surface area contributed by atoms with Crippen LogP contribution < -0.4 is 5.32 Å². The normalized spacial score (nSPS) is 20.2. The molecule has 152 valence electrons. The van der Waals surface area contributed by atoms with Crippen molar-refractivity contribution in [1.82, 2.24) is 15.2 Å². The lowest BCUT2D eigenvalue weighted by Gasteiger charge is -2.24. The van der Waals surface area contributed by atoms with Gasteiger partial charge in [0.2, 0.25) is 5.91 Å². The molecule has 3 heterocycles. The van der Waals surface area contributed by atoms with Crippen LogP contribution in [-0.2, 0) is 11.2 Å². The lowest BCUT2D eigenvalue weighted by atomic mass is 10.0. The third-order valence-electron chi connectivity index (χ3n) is 4.98. The van der Waals surface area contributed by atoms with Crippen LogP contribution in [0.5, 0.6) is 0 Å². The number of halogens is 1. The van der Waals surface area contributed by atoms with Crippen molar-refractivity contribution in [3.05, 3.63) is 58.1 Å². The van der Waals surface area contributed by atoms with Gasteiger partial charge in [-0.05, 0) is 17.7 Å². The molecule has 1 aliphatic rings. The standard InChI is InChI=1S/C20H20ClN3O4S/c21-18-8-12-17(29-18)7-13(22-12)19(27)23-14(6-11-4-2-1-3-5-11)20(28)24-9-15(25)16(26)10-24/h1-5,7-8,14-16,22,25-26H,6,9-10H2,(H,23,27)/t14-,15-,16+/m0/s1. The number of carbonyl (C=O) groups excluding carboxylic acids is 2. The molecule has 29 heavy (non-hydrogen) atoms. The summed E-state index contributed by atoms with van der Waals surface area (Å²) in [5.74, 6) is -0.742. The quantitative estimate of drug-likeness (QED) is 0.492. The first-order chi connectivity index (χ1) is 13.9. The van der Waals surface area contributed by atoms with Crippen molar-refractivity contribution in [3.63, 3.8) is 0 Å². The van der Waals surface area contributed by atoms with Crippen LogP contribution in [0.25, 0.3) is 10.2 Å². The van der Waals surface area contributed by atoms with Crippen molar-refractivity contribution in [2.45, 2.75) is 24.7 Å². The number of likely N-dealkylation sites (tertiary alicyclic amines) is 1. The molecule has 3 aromatic rings. The Morgan fingerprint density at radius 1 is 1.21 bits per heavy atom. The molecular formula is C20H20ClN3O4S. The Labute approximate surface area is 175 Å². The van der Waals surface area contributed by atoms with E-state index in [0.29, 0.717) is 16.5 Å². The van der Waals surface area contributed by atoms with Gasteiger partial charge in [0.1, 0.15) is 11.7 Å². The maximum absolute atomic E-state index is 13.0. The number of nitrogens with zero attached hydrogens (tertiary/aromatic N) is 1. The van der Waals surface area contributed by atoms with Crippen molar-refractivity contribution in [3.8, 4) is 0 Å². The van der Waals surface area contributed by atoms with E-state index in [1.54, 1.807) is 12.1 Å². The number of hydrogen-bond acceptors (Lipinski definition) is 5. The summed E-state index contributed by atoms with van der Waals surface area (Å²) >= 11 is 7.34. The minimum atomic E-state index is -0.980. The van der Waals surface area contributed by atoms with E-state index in [4.69, 9.17) is 11.6 Å². The molecule has 4 N–H and O–H groups in total. The maximum atomic E-state index is 13.0. The summed E-state index contributed by atoms with van der Waals surface area (Å²) in [4.78, 5) is 30.2. The molecule has 0 bridgehead atoms. The van der Waals surface area contributed by atoms with Gasteiger partial charge >= 0.3 is 0 Å². The number of thiophene rings is 1. The molecule has 9 heteroatoms. The minimum Gasteiger partial charge on any atom is -0.388 e. The van der Waals surface area contributed by atoms with Crippen molar-refractivity contribution >= 4 is 45.0 Å². The van der Waals surface area contributed by atoms with Gasteiger partial charge in [-0.2, -0.15) is 0 Å². The zero-order valence-electron chi connectivity index (χ0n) is 15.3. The predicted molar refractivity (Wildman–Crippen MR) is 111 cm³/mol. The van der Waals surface area contributed by atoms with E-state index >= 15 is 0 Å². The number of benzene rings is 1. The highest BCUT2D eigenvalue weighted by Crippen LogP contribution is 2.29. The Morgan fingerprint density at radius 2 is 1.90 bits per heavy atom. The van der Waals surface area contributed by atoms with Crippen LogP contribution in [0.1, 0.15) is 16.1 Å². The van der Waals surface area contributed by atoms with E-state index in [2.05, 4.69) is 10.3 Å². The fourth-order valence-electron chi connectivity index (χ4n) is 3.47. The second-order valence-electron chi connectivity index (χ2n) is 7.11. The molecule has 7 nitrogen and oxygen atoms in total. The van der Waals surface area contributed by atoms with Gasteiger partial charge in [0.05, 0.1) is 26.8 Å². The Morgan fingerprint density at radius 3 is 2.55 bits per heavy atom. The number of nitrogens with one attached hydrogen (secondary N) is 2. The van der Waals surface area contributed by atoms with Gasteiger partial charge in [-0.3, -0.25) is 9.59 Å². The largest absolute Gasteiger partial charge is 0.388 e. The number of β-amino-alcohol motifs (C(OH)–C–C–N with tert-alkyl or cyclic N) is 2. The molecule has 3 atom stereocenters. The number of aliphatic hydroxyl groups is 2. The number of H-pyrrole nitrogens is 1. The van der Waals surface area contributed by atoms with E-state index in [9.17, 15) is 19.8 Å². The SMILES string of the molecule is O=C(N[C@@H](Cc1ccccc1)C(=O)N1C[C@@H](O)[C@@H](O)C1)c1cc2sc(Cl)cc2[nH]1. The Hall–Kier alpha value is -2.39. The van der Waals surface area contributed by atoms with Gasteiger partial charge in [0.25, 0.3) is 5.91 Å². The van der Waals surface area contributed by atoms with Gasteiger partial charge in [-0.1, -0.05) is 41.9 Å². The molecule has 0 unspecified atom stereocenters. The van der Waals surface area contributed by atoms with Crippen LogP contribution in [0.2, 0.25) is 4.34 Å². The molecule has 2 aromatic heterocycles. The summed E-state index contributed by atoms with van der Waals surface area (Å²) in [7, 11) is 0. The van der Waals surface area contributed by atoms with Crippen LogP contribution in [0.3, 0.4) is 0 Å². The summed E-state index contributed by atoms with van der Waals surface area (Å²) in [6.45, 7) is 0.0792. The van der Waals surface area contributed by atoms with Crippen LogP contribution in [-0.4, -0.2) is 63.3 Å². The lowest BCUT2D eigenvalue weighted by molar-refractivity contribution is -0.132. The van der Waals surface area contributed by atoms with Gasteiger partial charge in [-0.25, -0.2) is 0 Å². The molecule has 4 rings (SSSR count). The van der Waals surface area contributed by atoms with Crippen LogP contribution in [0.15, 0.2) is 42.5 Å². The first-order valence-electron chi connectivity index (χ1n) is 9.18. The molecule has 0 saturated carbocycles. The van der Waals surface area contributed by atoms with Crippen molar-refractivity contribution in [2.24, 2.45) is 0 Å². The number of aromatic nitrogens is 1. The molecule has 0 radical (unpaired) electrons. The van der Waals surface area contributed by atoms with E-state index in [1.807, 2.05) is 30.3 Å². The monoisotopic (exact) mass is 433 g/mol.